The van der Waals surface area contributed by atoms with E-state index in [-0.39, 0.29) is 0 Å². The fourth-order valence-corrected chi connectivity index (χ4v) is 2.48. The highest BCUT2D eigenvalue weighted by atomic mass is 16.5. The van der Waals surface area contributed by atoms with Crippen LogP contribution >= 0.6 is 0 Å². The number of aromatic nitrogens is 2. The minimum atomic E-state index is 0.508. The molecular formula is C20H22N4O2. The molecule has 0 atom stereocenters. The quantitative estimate of drug-likeness (QED) is 0.645. The summed E-state index contributed by atoms with van der Waals surface area (Å²) < 4.78 is 10.8. The van der Waals surface area contributed by atoms with Crippen molar-refractivity contribution >= 4 is 23.1 Å². The SMILES string of the molecule is CCOc1ccccc1Nc1nc(C)cc(Nc2ccc(OC)cc2)n1. The second kappa shape index (κ2) is 8.20. The number of nitrogens with zero attached hydrogens (tertiary/aromatic N) is 2. The number of benzene rings is 2. The summed E-state index contributed by atoms with van der Waals surface area (Å²) in [7, 11) is 1.65. The predicted molar refractivity (Wildman–Crippen MR) is 104 cm³/mol. The summed E-state index contributed by atoms with van der Waals surface area (Å²) in [5, 5.41) is 6.52. The van der Waals surface area contributed by atoms with Gasteiger partial charge in [0.2, 0.25) is 5.95 Å². The van der Waals surface area contributed by atoms with Crippen LogP contribution in [0.25, 0.3) is 0 Å². The van der Waals surface area contributed by atoms with Crippen molar-refractivity contribution in [1.82, 2.24) is 9.97 Å². The molecule has 1 aromatic heterocycles. The number of anilines is 4. The van der Waals surface area contributed by atoms with Crippen molar-refractivity contribution in [3.8, 4) is 11.5 Å². The Morgan fingerprint density at radius 1 is 0.962 bits per heavy atom. The number of para-hydroxylation sites is 2. The molecule has 0 amide bonds. The summed E-state index contributed by atoms with van der Waals surface area (Å²) in [6.07, 6.45) is 0. The minimum absolute atomic E-state index is 0.508. The van der Waals surface area contributed by atoms with Crippen LogP contribution in [-0.4, -0.2) is 23.7 Å². The predicted octanol–water partition coefficient (Wildman–Crippen LogP) is 4.68. The molecule has 3 rings (SSSR count). The molecule has 0 unspecified atom stereocenters. The van der Waals surface area contributed by atoms with Gasteiger partial charge in [-0.05, 0) is 50.2 Å². The third-order valence-corrected chi connectivity index (χ3v) is 3.65. The first-order chi connectivity index (χ1) is 12.7. The van der Waals surface area contributed by atoms with E-state index >= 15 is 0 Å². The van der Waals surface area contributed by atoms with Crippen LogP contribution in [-0.2, 0) is 0 Å². The highest BCUT2D eigenvalue weighted by Gasteiger charge is 2.07. The Morgan fingerprint density at radius 3 is 2.46 bits per heavy atom. The number of hydrogen-bond donors (Lipinski definition) is 2. The van der Waals surface area contributed by atoms with Gasteiger partial charge in [0.1, 0.15) is 17.3 Å². The van der Waals surface area contributed by atoms with Crippen LogP contribution in [0, 0.1) is 6.92 Å². The maximum atomic E-state index is 5.64. The molecule has 0 saturated carbocycles. The molecule has 0 aliphatic carbocycles. The van der Waals surface area contributed by atoms with Gasteiger partial charge in [-0.2, -0.15) is 4.98 Å². The Kier molecular flexibility index (Phi) is 5.53. The van der Waals surface area contributed by atoms with Gasteiger partial charge in [-0.25, -0.2) is 4.98 Å². The lowest BCUT2D eigenvalue weighted by atomic mass is 10.3. The minimum Gasteiger partial charge on any atom is -0.497 e. The molecule has 0 aliphatic heterocycles. The monoisotopic (exact) mass is 350 g/mol. The summed E-state index contributed by atoms with van der Waals surface area (Å²) in [6.45, 7) is 4.48. The first kappa shape index (κ1) is 17.5. The van der Waals surface area contributed by atoms with Crippen LogP contribution < -0.4 is 20.1 Å². The van der Waals surface area contributed by atoms with E-state index in [0.717, 1.165) is 28.6 Å². The number of rotatable bonds is 7. The van der Waals surface area contributed by atoms with Crippen molar-refractivity contribution in [1.29, 1.82) is 0 Å². The van der Waals surface area contributed by atoms with Gasteiger partial charge in [-0.15, -0.1) is 0 Å². The Morgan fingerprint density at radius 2 is 1.73 bits per heavy atom. The van der Waals surface area contributed by atoms with E-state index in [1.807, 2.05) is 68.4 Å². The summed E-state index contributed by atoms with van der Waals surface area (Å²) in [5.41, 5.74) is 2.60. The lowest BCUT2D eigenvalue weighted by molar-refractivity contribution is 0.342. The number of nitrogens with one attached hydrogen (secondary N) is 2. The molecule has 0 spiro atoms. The van der Waals surface area contributed by atoms with Gasteiger partial charge in [0, 0.05) is 17.4 Å². The molecule has 0 bridgehead atoms. The topological polar surface area (TPSA) is 68.3 Å². The second-order valence-electron chi connectivity index (χ2n) is 5.63. The van der Waals surface area contributed by atoms with Crippen LogP contribution in [0.1, 0.15) is 12.6 Å². The van der Waals surface area contributed by atoms with E-state index in [2.05, 4.69) is 20.6 Å². The summed E-state index contributed by atoms with van der Waals surface area (Å²) in [6, 6.07) is 17.3. The lowest BCUT2D eigenvalue weighted by Crippen LogP contribution is -2.04. The molecule has 134 valence electrons. The third kappa shape index (κ3) is 4.42. The molecule has 2 aromatic carbocycles. The zero-order chi connectivity index (χ0) is 18.4. The summed E-state index contributed by atoms with van der Waals surface area (Å²) >= 11 is 0. The van der Waals surface area contributed by atoms with Gasteiger partial charge in [0.15, 0.2) is 0 Å². The van der Waals surface area contributed by atoms with Gasteiger partial charge in [-0.1, -0.05) is 12.1 Å². The van der Waals surface area contributed by atoms with Gasteiger partial charge in [0.25, 0.3) is 0 Å². The fourth-order valence-electron chi connectivity index (χ4n) is 2.48. The van der Waals surface area contributed by atoms with E-state index in [0.29, 0.717) is 18.4 Å². The molecule has 1 heterocycles. The maximum Gasteiger partial charge on any atom is 0.229 e. The third-order valence-electron chi connectivity index (χ3n) is 3.65. The molecule has 6 heteroatoms. The highest BCUT2D eigenvalue weighted by molar-refractivity contribution is 5.64. The maximum absolute atomic E-state index is 5.64. The first-order valence-corrected chi connectivity index (χ1v) is 8.43. The molecule has 0 radical (unpaired) electrons. The summed E-state index contributed by atoms with van der Waals surface area (Å²) in [5.74, 6) is 2.79. The number of ether oxygens (including phenoxy) is 2. The Bertz CT molecular complexity index is 866. The van der Waals surface area contributed by atoms with Crippen molar-refractivity contribution < 1.29 is 9.47 Å². The van der Waals surface area contributed by atoms with E-state index in [1.165, 1.54) is 0 Å². The standard InChI is InChI=1S/C20H22N4O2/c1-4-26-18-8-6-5-7-17(18)23-20-21-14(2)13-19(24-20)22-15-9-11-16(25-3)12-10-15/h5-13H,4H2,1-3H3,(H2,21,22,23,24). The Hall–Kier alpha value is -3.28. The first-order valence-electron chi connectivity index (χ1n) is 8.43. The average Bonchev–Trinajstić information content (AvgIpc) is 2.64. The van der Waals surface area contributed by atoms with Gasteiger partial charge >= 0.3 is 0 Å². The number of aryl methyl sites for hydroxylation is 1. The fraction of sp³-hybridized carbons (Fsp3) is 0.200. The van der Waals surface area contributed by atoms with Crippen LogP contribution in [0.4, 0.5) is 23.1 Å². The van der Waals surface area contributed by atoms with E-state index in [1.54, 1.807) is 7.11 Å². The van der Waals surface area contributed by atoms with Gasteiger partial charge < -0.3 is 20.1 Å². The van der Waals surface area contributed by atoms with E-state index in [9.17, 15) is 0 Å². The molecule has 0 aliphatic rings. The average molecular weight is 350 g/mol. The van der Waals surface area contributed by atoms with Gasteiger partial charge in [-0.3, -0.25) is 0 Å². The van der Waals surface area contributed by atoms with Crippen molar-refractivity contribution in [2.24, 2.45) is 0 Å². The van der Waals surface area contributed by atoms with Crippen LogP contribution in [0.15, 0.2) is 54.6 Å². The Labute approximate surface area is 153 Å². The molecule has 0 saturated heterocycles. The van der Waals surface area contributed by atoms with Crippen molar-refractivity contribution in [3.63, 3.8) is 0 Å². The second-order valence-corrected chi connectivity index (χ2v) is 5.63. The lowest BCUT2D eigenvalue weighted by Gasteiger charge is -2.13. The van der Waals surface area contributed by atoms with Crippen molar-refractivity contribution in [3.05, 3.63) is 60.3 Å². The number of methoxy groups -OCH3 is 1. The number of hydrogen-bond acceptors (Lipinski definition) is 6. The van der Waals surface area contributed by atoms with E-state index in [4.69, 9.17) is 9.47 Å². The van der Waals surface area contributed by atoms with Crippen LogP contribution in [0.5, 0.6) is 11.5 Å². The molecule has 0 fully saturated rings. The smallest absolute Gasteiger partial charge is 0.229 e. The zero-order valence-corrected chi connectivity index (χ0v) is 15.1. The molecule has 3 aromatic rings. The normalized spacial score (nSPS) is 10.3. The van der Waals surface area contributed by atoms with Crippen molar-refractivity contribution in [2.75, 3.05) is 24.4 Å². The van der Waals surface area contributed by atoms with Crippen LogP contribution in [0.2, 0.25) is 0 Å². The summed E-state index contributed by atoms with van der Waals surface area (Å²) in [4.78, 5) is 9.01. The van der Waals surface area contributed by atoms with Crippen LogP contribution in [0.3, 0.4) is 0 Å². The molecule has 26 heavy (non-hydrogen) atoms. The Balaban J connectivity index is 1.81. The van der Waals surface area contributed by atoms with Crippen molar-refractivity contribution in [2.45, 2.75) is 13.8 Å². The largest absolute Gasteiger partial charge is 0.497 e. The molecular weight excluding hydrogens is 328 g/mol. The molecule has 2 N–H and O–H groups in total. The van der Waals surface area contributed by atoms with Gasteiger partial charge in [0.05, 0.1) is 19.4 Å². The van der Waals surface area contributed by atoms with E-state index < -0.39 is 0 Å². The highest BCUT2D eigenvalue weighted by Crippen LogP contribution is 2.27. The molecule has 6 nitrogen and oxygen atoms in total. The zero-order valence-electron chi connectivity index (χ0n) is 15.1.